The molecule has 0 aromatic rings. The fourth-order valence-corrected chi connectivity index (χ4v) is 3.74. The van der Waals surface area contributed by atoms with E-state index >= 15 is 0 Å². The number of piperidine rings is 1. The molecule has 0 bridgehead atoms. The first-order chi connectivity index (χ1) is 8.40. The minimum Gasteiger partial charge on any atom is -0.304 e. The Hall–Kier alpha value is 0.650. The Bertz CT molecular complexity index is 243. The summed E-state index contributed by atoms with van der Waals surface area (Å²) in [4.78, 5) is 5.17. The molecule has 1 heterocycles. The normalized spacial score (nSPS) is 26.5. The van der Waals surface area contributed by atoms with Crippen molar-refractivity contribution < 1.29 is 0 Å². The SMILES string of the molecule is CC(C)N(C)CCC1(CI)CCCN(C(C)C)C1. The number of hydrogen-bond donors (Lipinski definition) is 0. The molecule has 0 radical (unpaired) electrons. The molecule has 0 saturated carbocycles. The van der Waals surface area contributed by atoms with Gasteiger partial charge in [-0.15, -0.1) is 0 Å². The largest absolute Gasteiger partial charge is 0.304 e. The summed E-state index contributed by atoms with van der Waals surface area (Å²) >= 11 is 2.61. The lowest BCUT2D eigenvalue weighted by molar-refractivity contribution is 0.0679. The molecule has 0 spiro atoms. The molecule has 108 valence electrons. The Labute approximate surface area is 128 Å². The zero-order chi connectivity index (χ0) is 13.8. The van der Waals surface area contributed by atoms with Crippen LogP contribution >= 0.6 is 22.6 Å². The second kappa shape index (κ2) is 7.44. The predicted octanol–water partition coefficient (Wildman–Crippen LogP) is 3.64. The van der Waals surface area contributed by atoms with Gasteiger partial charge in [-0.1, -0.05) is 22.6 Å². The van der Waals surface area contributed by atoms with Gasteiger partial charge in [-0.05, 0) is 72.5 Å². The topological polar surface area (TPSA) is 6.48 Å². The zero-order valence-electron chi connectivity index (χ0n) is 12.9. The standard InChI is InChI=1S/C15H31IN2/c1-13(2)17(5)10-8-15(11-16)7-6-9-18(12-15)14(3)4/h13-14H,6-12H2,1-5H3. The monoisotopic (exact) mass is 366 g/mol. The van der Waals surface area contributed by atoms with Crippen LogP contribution in [0.25, 0.3) is 0 Å². The van der Waals surface area contributed by atoms with E-state index in [-0.39, 0.29) is 0 Å². The molecule has 0 aromatic carbocycles. The van der Waals surface area contributed by atoms with E-state index in [0.29, 0.717) is 17.5 Å². The van der Waals surface area contributed by atoms with Gasteiger partial charge in [0, 0.05) is 23.1 Å². The van der Waals surface area contributed by atoms with Crippen molar-refractivity contribution in [3.8, 4) is 0 Å². The van der Waals surface area contributed by atoms with Crippen LogP contribution in [0.5, 0.6) is 0 Å². The van der Waals surface area contributed by atoms with E-state index in [9.17, 15) is 0 Å². The maximum Gasteiger partial charge on any atom is 0.00647 e. The number of halogens is 1. The van der Waals surface area contributed by atoms with Crippen LogP contribution in [0.1, 0.15) is 47.0 Å². The minimum atomic E-state index is 0.562. The van der Waals surface area contributed by atoms with Gasteiger partial charge in [0.15, 0.2) is 0 Å². The molecule has 2 nitrogen and oxygen atoms in total. The lowest BCUT2D eigenvalue weighted by Crippen LogP contribution is -2.48. The highest BCUT2D eigenvalue weighted by atomic mass is 127. The Kier molecular flexibility index (Phi) is 6.90. The minimum absolute atomic E-state index is 0.562. The van der Waals surface area contributed by atoms with E-state index in [2.05, 4.69) is 67.1 Å². The molecule has 0 aliphatic carbocycles. The van der Waals surface area contributed by atoms with Gasteiger partial charge in [0.25, 0.3) is 0 Å². The summed E-state index contributed by atoms with van der Waals surface area (Å²) < 4.78 is 1.31. The molecule has 1 rings (SSSR count). The van der Waals surface area contributed by atoms with Crippen molar-refractivity contribution >= 4 is 22.6 Å². The van der Waals surface area contributed by atoms with Crippen LogP contribution < -0.4 is 0 Å². The Morgan fingerprint density at radius 2 is 1.94 bits per heavy atom. The van der Waals surface area contributed by atoms with Crippen molar-refractivity contribution in [1.29, 1.82) is 0 Å². The highest BCUT2D eigenvalue weighted by molar-refractivity contribution is 14.1. The van der Waals surface area contributed by atoms with Crippen molar-refractivity contribution in [3.05, 3.63) is 0 Å². The summed E-state index contributed by atoms with van der Waals surface area (Å²) in [5.74, 6) is 0. The maximum absolute atomic E-state index is 2.68. The predicted molar refractivity (Wildman–Crippen MR) is 89.6 cm³/mol. The fourth-order valence-electron chi connectivity index (χ4n) is 2.74. The third-order valence-electron chi connectivity index (χ3n) is 4.58. The van der Waals surface area contributed by atoms with Crippen molar-refractivity contribution in [3.63, 3.8) is 0 Å². The first kappa shape index (κ1) is 16.7. The average molecular weight is 366 g/mol. The van der Waals surface area contributed by atoms with Crippen LogP contribution in [0.2, 0.25) is 0 Å². The van der Waals surface area contributed by atoms with E-state index in [1.54, 1.807) is 0 Å². The highest BCUT2D eigenvalue weighted by Crippen LogP contribution is 2.36. The van der Waals surface area contributed by atoms with E-state index in [1.165, 1.54) is 43.3 Å². The van der Waals surface area contributed by atoms with Crippen molar-refractivity contribution in [2.75, 3.05) is 31.1 Å². The molecule has 1 aliphatic rings. The van der Waals surface area contributed by atoms with Gasteiger partial charge in [0.2, 0.25) is 0 Å². The maximum atomic E-state index is 2.68. The van der Waals surface area contributed by atoms with E-state index < -0.39 is 0 Å². The van der Waals surface area contributed by atoms with Gasteiger partial charge < -0.3 is 9.80 Å². The van der Waals surface area contributed by atoms with Gasteiger partial charge in [0.05, 0.1) is 0 Å². The molecule has 1 atom stereocenters. The van der Waals surface area contributed by atoms with Crippen LogP contribution in [0, 0.1) is 5.41 Å². The molecule has 18 heavy (non-hydrogen) atoms. The molecule has 1 fully saturated rings. The second-order valence-electron chi connectivity index (χ2n) is 6.63. The molecular formula is C15H31IN2. The lowest BCUT2D eigenvalue weighted by atomic mass is 9.78. The summed E-state index contributed by atoms with van der Waals surface area (Å²) in [7, 11) is 2.26. The Morgan fingerprint density at radius 1 is 1.28 bits per heavy atom. The molecule has 1 saturated heterocycles. The van der Waals surface area contributed by atoms with Crippen molar-refractivity contribution in [2.45, 2.75) is 59.0 Å². The summed E-state index contributed by atoms with van der Waals surface area (Å²) in [6.07, 6.45) is 4.16. The van der Waals surface area contributed by atoms with E-state index in [1.807, 2.05) is 0 Å². The number of rotatable bonds is 6. The summed E-state index contributed by atoms with van der Waals surface area (Å²) in [5.41, 5.74) is 0.562. The molecule has 1 unspecified atom stereocenters. The molecule has 0 amide bonds. The number of alkyl halides is 1. The first-order valence-electron chi connectivity index (χ1n) is 7.40. The summed E-state index contributed by atoms with van der Waals surface area (Å²) in [6.45, 7) is 13.1. The number of hydrogen-bond acceptors (Lipinski definition) is 2. The molecule has 0 N–H and O–H groups in total. The fraction of sp³-hybridized carbons (Fsp3) is 1.00. The summed E-state index contributed by atoms with van der Waals surface area (Å²) in [5, 5.41) is 0. The lowest BCUT2D eigenvalue weighted by Gasteiger charge is -2.44. The zero-order valence-corrected chi connectivity index (χ0v) is 15.0. The van der Waals surface area contributed by atoms with Crippen LogP contribution in [-0.4, -0.2) is 53.0 Å². The van der Waals surface area contributed by atoms with Gasteiger partial charge in [-0.3, -0.25) is 0 Å². The average Bonchev–Trinajstić information content (AvgIpc) is 2.36. The molecule has 0 aromatic heterocycles. The third-order valence-corrected chi connectivity index (χ3v) is 6.20. The van der Waals surface area contributed by atoms with Gasteiger partial charge in [-0.2, -0.15) is 0 Å². The first-order valence-corrected chi connectivity index (χ1v) is 8.93. The molecule has 3 heteroatoms. The van der Waals surface area contributed by atoms with Gasteiger partial charge >= 0.3 is 0 Å². The van der Waals surface area contributed by atoms with Gasteiger partial charge in [0.1, 0.15) is 0 Å². The number of likely N-dealkylation sites (tertiary alicyclic amines) is 1. The van der Waals surface area contributed by atoms with E-state index in [4.69, 9.17) is 0 Å². The molecule has 1 aliphatic heterocycles. The molecular weight excluding hydrogens is 335 g/mol. The number of nitrogens with zero attached hydrogens (tertiary/aromatic N) is 2. The summed E-state index contributed by atoms with van der Waals surface area (Å²) in [6, 6.07) is 1.37. The Morgan fingerprint density at radius 3 is 2.44 bits per heavy atom. The Balaban J connectivity index is 2.56. The van der Waals surface area contributed by atoms with Crippen molar-refractivity contribution in [2.24, 2.45) is 5.41 Å². The quantitative estimate of drug-likeness (QED) is 0.523. The smallest absolute Gasteiger partial charge is 0.00647 e. The van der Waals surface area contributed by atoms with Crippen LogP contribution in [0.15, 0.2) is 0 Å². The van der Waals surface area contributed by atoms with Crippen LogP contribution in [-0.2, 0) is 0 Å². The van der Waals surface area contributed by atoms with Crippen molar-refractivity contribution in [1.82, 2.24) is 9.80 Å². The second-order valence-corrected chi connectivity index (χ2v) is 7.39. The van der Waals surface area contributed by atoms with Crippen LogP contribution in [0.4, 0.5) is 0 Å². The van der Waals surface area contributed by atoms with Crippen LogP contribution in [0.3, 0.4) is 0 Å². The van der Waals surface area contributed by atoms with Gasteiger partial charge in [-0.25, -0.2) is 0 Å². The van der Waals surface area contributed by atoms with E-state index in [0.717, 1.165) is 0 Å². The highest BCUT2D eigenvalue weighted by Gasteiger charge is 2.35. The third kappa shape index (κ3) is 4.64.